The van der Waals surface area contributed by atoms with Crippen molar-refractivity contribution in [2.45, 2.75) is 27.4 Å². The van der Waals surface area contributed by atoms with Gasteiger partial charge in [-0.15, -0.1) is 0 Å². The zero-order chi connectivity index (χ0) is 13.1. The quantitative estimate of drug-likeness (QED) is 0.780. The molecule has 2 aromatic rings. The Morgan fingerprint density at radius 2 is 1.61 bits per heavy atom. The molecule has 2 rings (SSSR count). The van der Waals surface area contributed by atoms with E-state index in [1.54, 1.807) is 6.07 Å². The van der Waals surface area contributed by atoms with Crippen molar-refractivity contribution in [3.8, 4) is 5.75 Å². The van der Waals surface area contributed by atoms with Crippen LogP contribution >= 0.6 is 0 Å². The van der Waals surface area contributed by atoms with Gasteiger partial charge in [-0.05, 0) is 49.1 Å². The van der Waals surface area contributed by atoms with E-state index in [1.807, 2.05) is 13.0 Å². The van der Waals surface area contributed by atoms with Crippen LogP contribution in [0, 0.1) is 26.6 Å². The van der Waals surface area contributed by atoms with E-state index in [0.717, 1.165) is 11.1 Å². The molecule has 0 bridgehead atoms. The van der Waals surface area contributed by atoms with Crippen LogP contribution in [0.5, 0.6) is 5.75 Å². The molecule has 0 spiro atoms. The molecule has 0 aliphatic heterocycles. The summed E-state index contributed by atoms with van der Waals surface area (Å²) in [7, 11) is 0. The third kappa shape index (κ3) is 2.89. The minimum Gasteiger partial charge on any atom is -0.489 e. The number of hydrogen-bond donors (Lipinski definition) is 0. The summed E-state index contributed by atoms with van der Waals surface area (Å²) in [5.41, 5.74) is 4.55. The van der Waals surface area contributed by atoms with Gasteiger partial charge in [0.2, 0.25) is 0 Å². The van der Waals surface area contributed by atoms with Gasteiger partial charge in [0.15, 0.2) is 0 Å². The summed E-state index contributed by atoms with van der Waals surface area (Å²) in [6, 6.07) is 10.8. The molecule has 0 unspecified atom stereocenters. The largest absolute Gasteiger partial charge is 0.489 e. The lowest BCUT2D eigenvalue weighted by Gasteiger charge is -2.10. The van der Waals surface area contributed by atoms with Gasteiger partial charge in [-0.3, -0.25) is 0 Å². The van der Waals surface area contributed by atoms with Gasteiger partial charge in [-0.25, -0.2) is 4.39 Å². The molecule has 0 heterocycles. The maximum atomic E-state index is 13.1. The maximum absolute atomic E-state index is 13.1. The smallest absolute Gasteiger partial charge is 0.126 e. The van der Waals surface area contributed by atoms with Crippen molar-refractivity contribution in [1.82, 2.24) is 0 Å². The minimum atomic E-state index is -0.268. The minimum absolute atomic E-state index is 0.268. The van der Waals surface area contributed by atoms with E-state index in [4.69, 9.17) is 4.74 Å². The Morgan fingerprint density at radius 3 is 2.33 bits per heavy atom. The average molecular weight is 244 g/mol. The Kier molecular flexibility index (Phi) is 3.66. The summed E-state index contributed by atoms with van der Waals surface area (Å²) in [5, 5.41) is 0. The normalized spacial score (nSPS) is 10.4. The third-order valence-corrected chi connectivity index (χ3v) is 3.12. The standard InChI is InChI=1S/C16H17FO/c1-11-4-6-14(8-13(11)3)10-18-16-9-15(17)7-5-12(16)2/h4-9H,10H2,1-3H3. The summed E-state index contributed by atoms with van der Waals surface area (Å²) in [5.74, 6) is 0.337. The first-order valence-corrected chi connectivity index (χ1v) is 6.01. The van der Waals surface area contributed by atoms with Gasteiger partial charge in [0.25, 0.3) is 0 Å². The first-order chi connectivity index (χ1) is 8.56. The molecule has 0 saturated carbocycles. The number of ether oxygens (including phenoxy) is 1. The van der Waals surface area contributed by atoms with E-state index in [2.05, 4.69) is 26.0 Å². The number of hydrogen-bond acceptors (Lipinski definition) is 1. The van der Waals surface area contributed by atoms with Gasteiger partial charge in [0.05, 0.1) is 0 Å². The van der Waals surface area contributed by atoms with Gasteiger partial charge in [0, 0.05) is 6.07 Å². The van der Waals surface area contributed by atoms with Crippen molar-refractivity contribution in [3.05, 3.63) is 64.5 Å². The fraction of sp³-hybridized carbons (Fsp3) is 0.250. The van der Waals surface area contributed by atoms with Gasteiger partial charge < -0.3 is 4.74 Å². The molecule has 0 atom stereocenters. The molecule has 0 N–H and O–H groups in total. The first-order valence-electron chi connectivity index (χ1n) is 6.01. The zero-order valence-electron chi connectivity index (χ0n) is 11.0. The van der Waals surface area contributed by atoms with Crippen molar-refractivity contribution < 1.29 is 9.13 Å². The molecular formula is C16H17FO. The lowest BCUT2D eigenvalue weighted by Crippen LogP contribution is -1.98. The number of halogens is 1. The molecule has 94 valence electrons. The van der Waals surface area contributed by atoms with Gasteiger partial charge >= 0.3 is 0 Å². The predicted octanol–water partition coefficient (Wildman–Crippen LogP) is 4.33. The van der Waals surface area contributed by atoms with E-state index in [0.29, 0.717) is 12.4 Å². The maximum Gasteiger partial charge on any atom is 0.126 e. The molecule has 0 aliphatic rings. The number of benzene rings is 2. The van der Waals surface area contributed by atoms with Gasteiger partial charge in [-0.2, -0.15) is 0 Å². The Hall–Kier alpha value is -1.83. The highest BCUT2D eigenvalue weighted by Gasteiger charge is 2.03. The molecule has 2 aromatic carbocycles. The van der Waals surface area contributed by atoms with Crippen LogP contribution < -0.4 is 4.74 Å². The number of rotatable bonds is 3. The second kappa shape index (κ2) is 5.21. The highest BCUT2D eigenvalue weighted by molar-refractivity contribution is 5.34. The molecule has 0 saturated heterocycles. The van der Waals surface area contributed by atoms with E-state index < -0.39 is 0 Å². The lowest BCUT2D eigenvalue weighted by atomic mass is 10.1. The van der Waals surface area contributed by atoms with E-state index >= 15 is 0 Å². The highest BCUT2D eigenvalue weighted by Crippen LogP contribution is 2.20. The fourth-order valence-electron chi connectivity index (χ4n) is 1.78. The Balaban J connectivity index is 2.11. The summed E-state index contributed by atoms with van der Waals surface area (Å²) in [4.78, 5) is 0. The molecule has 2 heteroatoms. The van der Waals surface area contributed by atoms with Crippen LogP contribution in [0.3, 0.4) is 0 Å². The monoisotopic (exact) mass is 244 g/mol. The predicted molar refractivity (Wildman–Crippen MR) is 71.4 cm³/mol. The van der Waals surface area contributed by atoms with Crippen LogP contribution in [0.25, 0.3) is 0 Å². The van der Waals surface area contributed by atoms with Crippen LogP contribution in [0.1, 0.15) is 22.3 Å². The van der Waals surface area contributed by atoms with E-state index in [9.17, 15) is 4.39 Å². The van der Waals surface area contributed by atoms with Crippen molar-refractivity contribution in [2.75, 3.05) is 0 Å². The fourth-order valence-corrected chi connectivity index (χ4v) is 1.78. The van der Waals surface area contributed by atoms with Crippen LogP contribution in [0.4, 0.5) is 4.39 Å². The second-order valence-corrected chi connectivity index (χ2v) is 4.62. The highest BCUT2D eigenvalue weighted by atomic mass is 19.1. The SMILES string of the molecule is Cc1ccc(COc2cc(F)ccc2C)cc1C. The summed E-state index contributed by atoms with van der Waals surface area (Å²) >= 11 is 0. The molecule has 0 radical (unpaired) electrons. The topological polar surface area (TPSA) is 9.23 Å². The van der Waals surface area contributed by atoms with Crippen molar-refractivity contribution in [3.63, 3.8) is 0 Å². The van der Waals surface area contributed by atoms with Crippen LogP contribution in [-0.2, 0) is 6.61 Å². The summed E-state index contributed by atoms with van der Waals surface area (Å²) in [6.45, 7) is 6.53. The first kappa shape index (κ1) is 12.6. The number of aryl methyl sites for hydroxylation is 3. The summed E-state index contributed by atoms with van der Waals surface area (Å²) in [6.07, 6.45) is 0. The third-order valence-electron chi connectivity index (χ3n) is 3.12. The molecule has 1 nitrogen and oxygen atoms in total. The van der Waals surface area contributed by atoms with E-state index in [1.165, 1.54) is 23.3 Å². The van der Waals surface area contributed by atoms with Gasteiger partial charge in [0.1, 0.15) is 18.2 Å². The van der Waals surface area contributed by atoms with Crippen molar-refractivity contribution in [1.29, 1.82) is 0 Å². The Morgan fingerprint density at radius 1 is 0.889 bits per heavy atom. The lowest BCUT2D eigenvalue weighted by molar-refractivity contribution is 0.302. The van der Waals surface area contributed by atoms with Crippen LogP contribution in [-0.4, -0.2) is 0 Å². The molecule has 0 amide bonds. The van der Waals surface area contributed by atoms with Gasteiger partial charge in [-0.1, -0.05) is 24.3 Å². The van der Waals surface area contributed by atoms with E-state index in [-0.39, 0.29) is 5.82 Å². The summed E-state index contributed by atoms with van der Waals surface area (Å²) < 4.78 is 18.8. The van der Waals surface area contributed by atoms with Crippen molar-refractivity contribution >= 4 is 0 Å². The molecule has 0 aromatic heterocycles. The Bertz CT molecular complexity index is 561. The average Bonchev–Trinajstić information content (AvgIpc) is 2.34. The molecule has 0 aliphatic carbocycles. The zero-order valence-corrected chi connectivity index (χ0v) is 11.0. The molecule has 18 heavy (non-hydrogen) atoms. The Labute approximate surface area is 107 Å². The van der Waals surface area contributed by atoms with Crippen LogP contribution in [0.2, 0.25) is 0 Å². The second-order valence-electron chi connectivity index (χ2n) is 4.62. The molecule has 0 fully saturated rings. The molecular weight excluding hydrogens is 227 g/mol. The van der Waals surface area contributed by atoms with Crippen molar-refractivity contribution in [2.24, 2.45) is 0 Å². The van der Waals surface area contributed by atoms with Crippen LogP contribution in [0.15, 0.2) is 36.4 Å².